The van der Waals surface area contributed by atoms with Crippen LogP contribution in [0.2, 0.25) is 0 Å². The van der Waals surface area contributed by atoms with Crippen LogP contribution in [0.25, 0.3) is 0 Å². The normalized spacial score (nSPS) is 21.0. The number of amides is 2. The summed E-state index contributed by atoms with van der Waals surface area (Å²) in [6.45, 7) is 3.61. The van der Waals surface area contributed by atoms with Crippen LogP contribution < -0.4 is 0 Å². The number of carbonyl (C=O) groups is 2. The Bertz CT molecular complexity index is 769. The van der Waals surface area contributed by atoms with Crippen molar-refractivity contribution in [3.05, 3.63) is 48.8 Å². The zero-order valence-corrected chi connectivity index (χ0v) is 15.4. The van der Waals surface area contributed by atoms with E-state index in [1.165, 1.54) is 0 Å². The summed E-state index contributed by atoms with van der Waals surface area (Å²) in [7, 11) is 0. The van der Waals surface area contributed by atoms with Crippen LogP contribution in [-0.2, 0) is 22.7 Å². The molecule has 0 aromatic carbocycles. The molecule has 4 heterocycles. The number of hydrogen-bond acceptors (Lipinski definition) is 4. The molecule has 2 saturated heterocycles. The lowest BCUT2D eigenvalue weighted by atomic mass is 9.95. The van der Waals surface area contributed by atoms with E-state index < -0.39 is 0 Å². The molecular formula is C20H25N5O2. The van der Waals surface area contributed by atoms with E-state index in [0.29, 0.717) is 25.4 Å². The van der Waals surface area contributed by atoms with Gasteiger partial charge in [0.15, 0.2) is 0 Å². The molecule has 1 atom stereocenters. The highest BCUT2D eigenvalue weighted by atomic mass is 16.2. The van der Waals surface area contributed by atoms with Gasteiger partial charge < -0.3 is 14.4 Å². The largest absolute Gasteiger partial charge is 0.342 e. The zero-order chi connectivity index (χ0) is 18.6. The summed E-state index contributed by atoms with van der Waals surface area (Å²) in [6.07, 6.45) is 11.4. The maximum absolute atomic E-state index is 12.9. The Balaban J connectivity index is 1.28. The molecule has 27 heavy (non-hydrogen) atoms. The Morgan fingerprint density at radius 3 is 2.59 bits per heavy atom. The molecule has 0 bridgehead atoms. The van der Waals surface area contributed by atoms with Gasteiger partial charge in [-0.3, -0.25) is 14.6 Å². The van der Waals surface area contributed by atoms with Crippen molar-refractivity contribution in [2.75, 3.05) is 19.6 Å². The number of likely N-dealkylation sites (tertiary alicyclic amines) is 2. The minimum absolute atomic E-state index is 0.0696. The number of piperidine rings is 1. The first-order chi connectivity index (χ1) is 13.2. The Hall–Kier alpha value is -2.70. The van der Waals surface area contributed by atoms with Crippen molar-refractivity contribution in [3.63, 3.8) is 0 Å². The second-order valence-electron chi connectivity index (χ2n) is 7.56. The smallest absolute Gasteiger partial charge is 0.227 e. The third kappa shape index (κ3) is 4.18. The van der Waals surface area contributed by atoms with E-state index in [1.54, 1.807) is 23.5 Å². The number of imidazole rings is 1. The Morgan fingerprint density at radius 2 is 1.89 bits per heavy atom. The van der Waals surface area contributed by atoms with Crippen molar-refractivity contribution >= 4 is 11.8 Å². The molecule has 2 aliphatic heterocycles. The number of pyridine rings is 1. The van der Waals surface area contributed by atoms with E-state index in [0.717, 1.165) is 38.0 Å². The second-order valence-corrected chi connectivity index (χ2v) is 7.56. The van der Waals surface area contributed by atoms with Crippen LogP contribution >= 0.6 is 0 Å². The Morgan fingerprint density at radius 1 is 1.11 bits per heavy atom. The van der Waals surface area contributed by atoms with E-state index in [2.05, 4.69) is 14.5 Å². The molecule has 2 aromatic rings. The molecule has 2 aliphatic rings. The minimum atomic E-state index is -0.204. The molecule has 7 nitrogen and oxygen atoms in total. The monoisotopic (exact) mass is 367 g/mol. The first kappa shape index (κ1) is 17.7. The molecule has 2 fully saturated rings. The summed E-state index contributed by atoms with van der Waals surface area (Å²) in [6, 6.07) is 3.82. The van der Waals surface area contributed by atoms with Crippen molar-refractivity contribution in [3.8, 4) is 0 Å². The Labute approximate surface area is 159 Å². The highest BCUT2D eigenvalue weighted by molar-refractivity contribution is 5.89. The SMILES string of the molecule is O=C1CC(C(=O)N2CCC(Cn3ccnc3)CC2)CN1Cc1ccncc1. The van der Waals surface area contributed by atoms with Gasteiger partial charge in [0.2, 0.25) is 11.8 Å². The fraction of sp³-hybridized carbons (Fsp3) is 0.500. The third-order valence-electron chi connectivity index (χ3n) is 5.64. The molecule has 7 heteroatoms. The maximum atomic E-state index is 12.9. The van der Waals surface area contributed by atoms with Crippen molar-refractivity contribution in [2.45, 2.75) is 32.4 Å². The van der Waals surface area contributed by atoms with Crippen molar-refractivity contribution in [1.29, 1.82) is 0 Å². The van der Waals surface area contributed by atoms with Gasteiger partial charge in [-0.15, -0.1) is 0 Å². The average molecular weight is 367 g/mol. The fourth-order valence-corrected chi connectivity index (χ4v) is 4.09. The van der Waals surface area contributed by atoms with Gasteiger partial charge in [0.25, 0.3) is 0 Å². The quantitative estimate of drug-likeness (QED) is 0.804. The lowest BCUT2D eigenvalue weighted by molar-refractivity contribution is -0.137. The van der Waals surface area contributed by atoms with E-state index in [4.69, 9.17) is 0 Å². The third-order valence-corrected chi connectivity index (χ3v) is 5.64. The van der Waals surface area contributed by atoms with Crippen LogP contribution in [0, 0.1) is 11.8 Å². The van der Waals surface area contributed by atoms with Crippen molar-refractivity contribution in [2.24, 2.45) is 11.8 Å². The average Bonchev–Trinajstić information content (AvgIpc) is 3.33. The van der Waals surface area contributed by atoms with Gasteiger partial charge >= 0.3 is 0 Å². The molecule has 1 unspecified atom stereocenters. The summed E-state index contributed by atoms with van der Waals surface area (Å²) in [5.74, 6) is 0.586. The maximum Gasteiger partial charge on any atom is 0.227 e. The van der Waals surface area contributed by atoms with E-state index in [1.807, 2.05) is 29.6 Å². The number of rotatable bonds is 5. The molecule has 2 aromatic heterocycles. The minimum Gasteiger partial charge on any atom is -0.342 e. The topological polar surface area (TPSA) is 71.3 Å². The van der Waals surface area contributed by atoms with E-state index in [-0.39, 0.29) is 17.7 Å². The molecule has 4 rings (SSSR count). The molecule has 2 amide bonds. The van der Waals surface area contributed by atoms with Crippen LogP contribution in [0.1, 0.15) is 24.8 Å². The van der Waals surface area contributed by atoms with Crippen LogP contribution in [0.15, 0.2) is 43.2 Å². The van der Waals surface area contributed by atoms with Crippen LogP contribution in [0.4, 0.5) is 0 Å². The molecule has 0 radical (unpaired) electrons. The molecule has 0 spiro atoms. The predicted octanol–water partition coefficient (Wildman–Crippen LogP) is 1.57. The van der Waals surface area contributed by atoms with Gasteiger partial charge in [0.05, 0.1) is 12.2 Å². The molecule has 142 valence electrons. The highest BCUT2D eigenvalue weighted by Crippen LogP contribution is 2.25. The summed E-state index contributed by atoms with van der Waals surface area (Å²) in [4.78, 5) is 37.1. The summed E-state index contributed by atoms with van der Waals surface area (Å²) in [5, 5.41) is 0. The first-order valence-electron chi connectivity index (χ1n) is 9.60. The number of hydrogen-bond donors (Lipinski definition) is 0. The zero-order valence-electron chi connectivity index (χ0n) is 15.4. The molecule has 0 saturated carbocycles. The van der Waals surface area contributed by atoms with Gasteiger partial charge in [0.1, 0.15) is 0 Å². The summed E-state index contributed by atoms with van der Waals surface area (Å²) in [5.41, 5.74) is 1.05. The summed E-state index contributed by atoms with van der Waals surface area (Å²) < 4.78 is 2.11. The number of nitrogens with zero attached hydrogens (tertiary/aromatic N) is 5. The number of carbonyl (C=O) groups excluding carboxylic acids is 2. The van der Waals surface area contributed by atoms with Crippen LogP contribution in [0.5, 0.6) is 0 Å². The first-order valence-corrected chi connectivity index (χ1v) is 9.60. The lowest BCUT2D eigenvalue weighted by Crippen LogP contribution is -2.43. The van der Waals surface area contributed by atoms with Gasteiger partial charge in [-0.2, -0.15) is 0 Å². The van der Waals surface area contributed by atoms with Crippen molar-refractivity contribution in [1.82, 2.24) is 24.3 Å². The molecule has 0 N–H and O–H groups in total. The predicted molar refractivity (Wildman–Crippen MR) is 99.3 cm³/mol. The van der Waals surface area contributed by atoms with Gasteiger partial charge in [-0.05, 0) is 36.5 Å². The standard InChI is InChI=1S/C20H25N5O2/c26-19-11-18(14-25(19)13-16-1-5-21-6-2-16)20(27)24-8-3-17(4-9-24)12-23-10-7-22-15-23/h1-2,5-7,10,15,17-18H,3-4,8-9,11-14H2. The lowest BCUT2D eigenvalue weighted by Gasteiger charge is -2.33. The van der Waals surface area contributed by atoms with Gasteiger partial charge in [-0.25, -0.2) is 4.98 Å². The Kier molecular flexibility index (Phi) is 5.18. The van der Waals surface area contributed by atoms with Crippen LogP contribution in [-0.4, -0.2) is 55.8 Å². The second kappa shape index (κ2) is 7.90. The van der Waals surface area contributed by atoms with Gasteiger partial charge in [0, 0.05) is 63.9 Å². The number of aromatic nitrogens is 3. The van der Waals surface area contributed by atoms with E-state index in [9.17, 15) is 9.59 Å². The van der Waals surface area contributed by atoms with E-state index >= 15 is 0 Å². The fourth-order valence-electron chi connectivity index (χ4n) is 4.09. The molecule has 0 aliphatic carbocycles. The van der Waals surface area contributed by atoms with Crippen molar-refractivity contribution < 1.29 is 9.59 Å². The highest BCUT2D eigenvalue weighted by Gasteiger charge is 2.37. The van der Waals surface area contributed by atoms with Gasteiger partial charge in [-0.1, -0.05) is 0 Å². The van der Waals surface area contributed by atoms with Crippen LogP contribution in [0.3, 0.4) is 0 Å². The summed E-state index contributed by atoms with van der Waals surface area (Å²) >= 11 is 0. The molecular weight excluding hydrogens is 342 g/mol.